The zero-order chi connectivity index (χ0) is 14.1. The van der Waals surface area contributed by atoms with Crippen LogP contribution in [0.2, 0.25) is 5.02 Å². The summed E-state index contributed by atoms with van der Waals surface area (Å²) in [5.41, 5.74) is 2.11. The highest BCUT2D eigenvalue weighted by molar-refractivity contribution is 6.30. The van der Waals surface area contributed by atoms with Crippen molar-refractivity contribution in [3.8, 4) is 0 Å². The molecular formula is C17H27ClO. The molecule has 1 aromatic carbocycles. The Balaban J connectivity index is 2.23. The third kappa shape index (κ3) is 6.44. The number of unbranched alkanes of at least 4 members (excludes halogenated alkanes) is 6. The standard InChI is InChI=1S/C17H27ClO/c1-3-4-5-6-7-8-9-10-17(19)16-13-15(18)12-11-14(16)2/h11-13,17,19H,3-10H2,1-2H3. The Morgan fingerprint density at radius 2 is 1.68 bits per heavy atom. The molecule has 0 aliphatic heterocycles. The maximum Gasteiger partial charge on any atom is 0.0793 e. The van der Waals surface area contributed by atoms with Crippen molar-refractivity contribution in [2.45, 2.75) is 71.3 Å². The number of rotatable bonds is 9. The average molecular weight is 283 g/mol. The van der Waals surface area contributed by atoms with Crippen LogP contribution in [0.1, 0.15) is 75.5 Å². The Morgan fingerprint density at radius 1 is 1.05 bits per heavy atom. The van der Waals surface area contributed by atoms with Gasteiger partial charge in [0.25, 0.3) is 0 Å². The molecule has 1 rings (SSSR count). The first-order valence-electron chi connectivity index (χ1n) is 7.59. The van der Waals surface area contributed by atoms with Gasteiger partial charge in [0.05, 0.1) is 6.10 Å². The summed E-state index contributed by atoms with van der Waals surface area (Å²) in [7, 11) is 0. The maximum absolute atomic E-state index is 10.2. The fraction of sp³-hybridized carbons (Fsp3) is 0.647. The number of aliphatic hydroxyl groups is 1. The predicted octanol–water partition coefficient (Wildman–Crippen LogP) is 5.82. The second-order valence-electron chi connectivity index (χ2n) is 5.43. The van der Waals surface area contributed by atoms with Crippen molar-refractivity contribution in [1.82, 2.24) is 0 Å². The maximum atomic E-state index is 10.2. The molecule has 0 saturated heterocycles. The van der Waals surface area contributed by atoms with Crippen molar-refractivity contribution < 1.29 is 5.11 Å². The van der Waals surface area contributed by atoms with E-state index in [1.165, 1.54) is 38.5 Å². The Morgan fingerprint density at radius 3 is 2.37 bits per heavy atom. The van der Waals surface area contributed by atoms with Crippen LogP contribution in [0.15, 0.2) is 18.2 Å². The zero-order valence-electron chi connectivity index (χ0n) is 12.3. The molecule has 19 heavy (non-hydrogen) atoms. The number of benzene rings is 1. The summed E-state index contributed by atoms with van der Waals surface area (Å²) >= 11 is 5.98. The number of aliphatic hydroxyl groups excluding tert-OH is 1. The zero-order valence-corrected chi connectivity index (χ0v) is 13.0. The molecule has 0 heterocycles. The topological polar surface area (TPSA) is 20.2 Å². The van der Waals surface area contributed by atoms with E-state index in [0.29, 0.717) is 5.02 Å². The van der Waals surface area contributed by atoms with E-state index in [9.17, 15) is 5.11 Å². The fourth-order valence-electron chi connectivity index (χ4n) is 2.42. The molecular weight excluding hydrogens is 256 g/mol. The molecule has 108 valence electrons. The number of halogens is 1. The molecule has 0 aliphatic rings. The molecule has 0 aliphatic carbocycles. The van der Waals surface area contributed by atoms with Crippen LogP contribution in [0, 0.1) is 6.92 Å². The van der Waals surface area contributed by atoms with Crippen LogP contribution in [-0.4, -0.2) is 5.11 Å². The van der Waals surface area contributed by atoms with E-state index < -0.39 is 0 Å². The molecule has 1 N–H and O–H groups in total. The van der Waals surface area contributed by atoms with Gasteiger partial charge in [0.15, 0.2) is 0 Å². The third-order valence-corrected chi connectivity index (χ3v) is 3.92. The van der Waals surface area contributed by atoms with Gasteiger partial charge in [0.1, 0.15) is 0 Å². The summed E-state index contributed by atoms with van der Waals surface area (Å²) in [6.45, 7) is 4.27. The number of hydrogen-bond donors (Lipinski definition) is 1. The van der Waals surface area contributed by atoms with Gasteiger partial charge in [-0.25, -0.2) is 0 Å². The van der Waals surface area contributed by atoms with Gasteiger partial charge in [-0.15, -0.1) is 0 Å². The van der Waals surface area contributed by atoms with Gasteiger partial charge in [0, 0.05) is 5.02 Å². The minimum Gasteiger partial charge on any atom is -0.388 e. The average Bonchev–Trinajstić information content (AvgIpc) is 2.40. The van der Waals surface area contributed by atoms with Gasteiger partial charge >= 0.3 is 0 Å². The van der Waals surface area contributed by atoms with E-state index in [1.54, 1.807) is 0 Å². The normalized spacial score (nSPS) is 12.6. The summed E-state index contributed by atoms with van der Waals surface area (Å²) < 4.78 is 0. The largest absolute Gasteiger partial charge is 0.388 e. The highest BCUT2D eigenvalue weighted by Gasteiger charge is 2.10. The van der Waals surface area contributed by atoms with Gasteiger partial charge in [-0.3, -0.25) is 0 Å². The van der Waals surface area contributed by atoms with Crippen LogP contribution in [0.25, 0.3) is 0 Å². The van der Waals surface area contributed by atoms with Crippen LogP contribution in [-0.2, 0) is 0 Å². The van der Waals surface area contributed by atoms with Crippen LogP contribution < -0.4 is 0 Å². The van der Waals surface area contributed by atoms with E-state index in [-0.39, 0.29) is 6.10 Å². The SMILES string of the molecule is CCCCCCCCCC(O)c1cc(Cl)ccc1C. The van der Waals surface area contributed by atoms with E-state index in [0.717, 1.165) is 24.0 Å². The first-order chi connectivity index (χ1) is 9.15. The Hall–Kier alpha value is -0.530. The monoisotopic (exact) mass is 282 g/mol. The molecule has 0 fully saturated rings. The fourth-order valence-corrected chi connectivity index (χ4v) is 2.60. The summed E-state index contributed by atoms with van der Waals surface area (Å²) in [5.74, 6) is 0. The van der Waals surface area contributed by atoms with Gasteiger partial charge in [0.2, 0.25) is 0 Å². The smallest absolute Gasteiger partial charge is 0.0793 e. The van der Waals surface area contributed by atoms with E-state index in [4.69, 9.17) is 11.6 Å². The molecule has 1 unspecified atom stereocenters. The van der Waals surface area contributed by atoms with Crippen molar-refractivity contribution in [2.75, 3.05) is 0 Å². The van der Waals surface area contributed by atoms with Crippen molar-refractivity contribution >= 4 is 11.6 Å². The Kier molecular flexibility index (Phi) is 8.16. The molecule has 0 spiro atoms. The second-order valence-corrected chi connectivity index (χ2v) is 5.86. The summed E-state index contributed by atoms with van der Waals surface area (Å²) in [6, 6.07) is 5.75. The molecule has 0 aromatic heterocycles. The third-order valence-electron chi connectivity index (χ3n) is 3.68. The minimum atomic E-state index is -0.366. The highest BCUT2D eigenvalue weighted by Crippen LogP contribution is 2.26. The summed E-state index contributed by atoms with van der Waals surface area (Å²) in [5, 5.41) is 10.9. The van der Waals surface area contributed by atoms with Crippen molar-refractivity contribution in [2.24, 2.45) is 0 Å². The van der Waals surface area contributed by atoms with Gasteiger partial charge in [-0.2, -0.15) is 0 Å². The van der Waals surface area contributed by atoms with Gasteiger partial charge in [-0.1, -0.05) is 69.5 Å². The van der Waals surface area contributed by atoms with Gasteiger partial charge < -0.3 is 5.11 Å². The molecule has 0 saturated carbocycles. The van der Waals surface area contributed by atoms with Crippen LogP contribution in [0.5, 0.6) is 0 Å². The quantitative estimate of drug-likeness (QED) is 0.566. The lowest BCUT2D eigenvalue weighted by Crippen LogP contribution is -2.00. The molecule has 2 heteroatoms. The van der Waals surface area contributed by atoms with Crippen LogP contribution in [0.3, 0.4) is 0 Å². The second kappa shape index (κ2) is 9.39. The Bertz CT molecular complexity index is 362. The number of hydrogen-bond acceptors (Lipinski definition) is 1. The minimum absolute atomic E-state index is 0.366. The highest BCUT2D eigenvalue weighted by atomic mass is 35.5. The molecule has 0 bridgehead atoms. The van der Waals surface area contributed by atoms with E-state index in [2.05, 4.69) is 6.92 Å². The first kappa shape index (κ1) is 16.5. The van der Waals surface area contributed by atoms with Crippen LogP contribution >= 0.6 is 11.6 Å². The van der Waals surface area contributed by atoms with Crippen molar-refractivity contribution in [3.05, 3.63) is 34.3 Å². The number of aryl methyl sites for hydroxylation is 1. The lowest BCUT2D eigenvalue weighted by Gasteiger charge is -2.14. The van der Waals surface area contributed by atoms with Crippen molar-refractivity contribution in [1.29, 1.82) is 0 Å². The van der Waals surface area contributed by atoms with Crippen LogP contribution in [0.4, 0.5) is 0 Å². The van der Waals surface area contributed by atoms with E-state index in [1.807, 2.05) is 25.1 Å². The van der Waals surface area contributed by atoms with Crippen molar-refractivity contribution in [3.63, 3.8) is 0 Å². The molecule has 1 atom stereocenters. The molecule has 1 aromatic rings. The lowest BCUT2D eigenvalue weighted by atomic mass is 9.98. The Labute approximate surface area is 123 Å². The molecule has 0 radical (unpaired) electrons. The molecule has 1 nitrogen and oxygen atoms in total. The van der Waals surface area contributed by atoms with E-state index >= 15 is 0 Å². The molecule has 0 amide bonds. The lowest BCUT2D eigenvalue weighted by molar-refractivity contribution is 0.162. The summed E-state index contributed by atoms with van der Waals surface area (Å²) in [6.07, 6.45) is 9.42. The predicted molar refractivity (Wildman–Crippen MR) is 83.8 cm³/mol. The first-order valence-corrected chi connectivity index (χ1v) is 7.97. The van der Waals surface area contributed by atoms with Gasteiger partial charge in [-0.05, 0) is 36.6 Å². The summed E-state index contributed by atoms with van der Waals surface area (Å²) in [4.78, 5) is 0.